The summed E-state index contributed by atoms with van der Waals surface area (Å²) in [5, 5.41) is 3.12. The van der Waals surface area contributed by atoms with Gasteiger partial charge in [-0.3, -0.25) is 14.5 Å². The fourth-order valence-electron chi connectivity index (χ4n) is 3.46. The fourth-order valence-corrected chi connectivity index (χ4v) is 4.72. The van der Waals surface area contributed by atoms with Gasteiger partial charge in [-0.2, -0.15) is 0 Å². The Morgan fingerprint density at radius 3 is 2.71 bits per heavy atom. The molecule has 0 radical (unpaired) electrons. The standard InChI is InChI=1S/C22H26N2O2S2/c25-20(23-18-12-5-2-6-13-18)15-8-16-24-21(26)19(28-22(24)27)14-7-11-17-9-3-1-4-10-17/h1,3-4,7,9-11,14,18H,2,5-6,8,12-13,15-16H2,(H,23,25)/b11-7+,19-14-. The predicted octanol–water partition coefficient (Wildman–Crippen LogP) is 4.67. The van der Waals surface area contributed by atoms with E-state index in [0.717, 1.165) is 18.4 Å². The van der Waals surface area contributed by atoms with Crippen molar-refractivity contribution < 1.29 is 9.59 Å². The van der Waals surface area contributed by atoms with Gasteiger partial charge >= 0.3 is 0 Å². The van der Waals surface area contributed by atoms with Crippen LogP contribution in [0.15, 0.2) is 47.4 Å². The Hall–Kier alpha value is -1.92. The van der Waals surface area contributed by atoms with Crippen LogP contribution in [0, 0.1) is 0 Å². The van der Waals surface area contributed by atoms with Crippen LogP contribution in [0.25, 0.3) is 6.08 Å². The molecule has 1 aromatic carbocycles. The lowest BCUT2D eigenvalue weighted by Crippen LogP contribution is -2.36. The van der Waals surface area contributed by atoms with Gasteiger partial charge in [0.2, 0.25) is 5.91 Å². The number of thiocarbonyl (C=S) groups is 1. The number of hydrogen-bond donors (Lipinski definition) is 1. The number of hydrogen-bond acceptors (Lipinski definition) is 4. The lowest BCUT2D eigenvalue weighted by Gasteiger charge is -2.23. The Labute approximate surface area is 176 Å². The molecule has 148 valence electrons. The molecule has 1 saturated heterocycles. The van der Waals surface area contributed by atoms with Crippen LogP contribution >= 0.6 is 24.0 Å². The molecule has 1 aliphatic heterocycles. The molecule has 2 amide bonds. The molecule has 1 heterocycles. The summed E-state index contributed by atoms with van der Waals surface area (Å²) in [6.45, 7) is 0.489. The van der Waals surface area contributed by atoms with Crippen molar-refractivity contribution in [3.05, 3.63) is 53.0 Å². The molecule has 1 aromatic rings. The molecule has 0 atom stereocenters. The van der Waals surface area contributed by atoms with E-state index in [4.69, 9.17) is 12.2 Å². The number of amides is 2. The van der Waals surface area contributed by atoms with Gasteiger partial charge in [-0.25, -0.2) is 0 Å². The minimum absolute atomic E-state index is 0.0691. The second kappa shape index (κ2) is 10.6. The number of nitrogens with one attached hydrogen (secondary N) is 1. The van der Waals surface area contributed by atoms with Crippen LogP contribution in [-0.2, 0) is 9.59 Å². The molecule has 1 aliphatic carbocycles. The van der Waals surface area contributed by atoms with E-state index in [0.29, 0.717) is 34.7 Å². The molecule has 28 heavy (non-hydrogen) atoms. The van der Waals surface area contributed by atoms with Crippen LogP contribution in [0.3, 0.4) is 0 Å². The van der Waals surface area contributed by atoms with Crippen LogP contribution in [0.4, 0.5) is 0 Å². The SMILES string of the molecule is O=C(CCCN1C(=O)/C(=C/C=C/c2ccccc2)SC1=S)NC1CCCCC1. The number of rotatable bonds is 7. The van der Waals surface area contributed by atoms with E-state index in [1.807, 2.05) is 48.6 Å². The van der Waals surface area contributed by atoms with E-state index in [1.165, 1.54) is 31.0 Å². The van der Waals surface area contributed by atoms with Gasteiger partial charge in [0, 0.05) is 19.0 Å². The minimum Gasteiger partial charge on any atom is -0.353 e. The third-order valence-corrected chi connectivity index (χ3v) is 6.36. The number of carbonyl (C=O) groups is 2. The highest BCUT2D eigenvalue weighted by atomic mass is 32.2. The van der Waals surface area contributed by atoms with Gasteiger partial charge in [-0.05, 0) is 30.9 Å². The van der Waals surface area contributed by atoms with E-state index in [2.05, 4.69) is 5.32 Å². The molecule has 1 N–H and O–H groups in total. The van der Waals surface area contributed by atoms with E-state index in [-0.39, 0.29) is 11.8 Å². The van der Waals surface area contributed by atoms with Gasteiger partial charge < -0.3 is 5.32 Å². The largest absolute Gasteiger partial charge is 0.353 e. The Morgan fingerprint density at radius 1 is 1.21 bits per heavy atom. The third-order valence-electron chi connectivity index (χ3n) is 4.97. The fraction of sp³-hybridized carbons (Fsp3) is 0.409. The molecular formula is C22H26N2O2S2. The summed E-state index contributed by atoms with van der Waals surface area (Å²) in [6, 6.07) is 10.3. The van der Waals surface area contributed by atoms with E-state index in [1.54, 1.807) is 4.90 Å². The van der Waals surface area contributed by atoms with Crippen molar-refractivity contribution in [1.29, 1.82) is 0 Å². The number of nitrogens with zero attached hydrogens (tertiary/aromatic N) is 1. The van der Waals surface area contributed by atoms with Crippen molar-refractivity contribution in [3.63, 3.8) is 0 Å². The van der Waals surface area contributed by atoms with E-state index < -0.39 is 0 Å². The number of thioether (sulfide) groups is 1. The summed E-state index contributed by atoms with van der Waals surface area (Å²) in [5.41, 5.74) is 1.08. The Kier molecular flexibility index (Phi) is 7.86. The van der Waals surface area contributed by atoms with Crippen molar-refractivity contribution in [2.75, 3.05) is 6.54 Å². The third kappa shape index (κ3) is 6.04. The van der Waals surface area contributed by atoms with Crippen molar-refractivity contribution in [1.82, 2.24) is 10.2 Å². The number of allylic oxidation sites excluding steroid dienone is 2. The topological polar surface area (TPSA) is 49.4 Å². The van der Waals surface area contributed by atoms with Crippen molar-refractivity contribution in [2.24, 2.45) is 0 Å². The highest BCUT2D eigenvalue weighted by Gasteiger charge is 2.31. The summed E-state index contributed by atoms with van der Waals surface area (Å²) >= 11 is 6.67. The molecule has 0 aromatic heterocycles. The molecule has 0 bridgehead atoms. The maximum atomic E-state index is 12.6. The highest BCUT2D eigenvalue weighted by Crippen LogP contribution is 2.31. The molecule has 3 rings (SSSR count). The Morgan fingerprint density at radius 2 is 1.96 bits per heavy atom. The van der Waals surface area contributed by atoms with Gasteiger partial charge in [0.05, 0.1) is 4.91 Å². The summed E-state index contributed by atoms with van der Waals surface area (Å²) < 4.78 is 0.567. The van der Waals surface area contributed by atoms with Gasteiger partial charge in [-0.15, -0.1) is 0 Å². The van der Waals surface area contributed by atoms with E-state index in [9.17, 15) is 9.59 Å². The minimum atomic E-state index is -0.0691. The Balaban J connectivity index is 1.45. The van der Waals surface area contributed by atoms with Crippen LogP contribution in [-0.4, -0.2) is 33.6 Å². The monoisotopic (exact) mass is 414 g/mol. The molecule has 2 aliphatic rings. The highest BCUT2D eigenvalue weighted by molar-refractivity contribution is 8.26. The summed E-state index contributed by atoms with van der Waals surface area (Å²) in [6.07, 6.45) is 12.5. The van der Waals surface area contributed by atoms with Gasteiger partial charge in [0.25, 0.3) is 5.91 Å². The zero-order valence-corrected chi connectivity index (χ0v) is 17.6. The predicted molar refractivity (Wildman–Crippen MR) is 120 cm³/mol. The van der Waals surface area contributed by atoms with Crippen LogP contribution in [0.1, 0.15) is 50.5 Å². The maximum Gasteiger partial charge on any atom is 0.266 e. The summed E-state index contributed by atoms with van der Waals surface area (Å²) in [7, 11) is 0. The van der Waals surface area contributed by atoms with Crippen molar-refractivity contribution in [3.8, 4) is 0 Å². The first-order valence-corrected chi connectivity index (χ1v) is 11.1. The number of carbonyl (C=O) groups excluding carboxylic acids is 2. The van der Waals surface area contributed by atoms with Crippen LogP contribution in [0.5, 0.6) is 0 Å². The van der Waals surface area contributed by atoms with Crippen molar-refractivity contribution in [2.45, 2.75) is 51.0 Å². The zero-order chi connectivity index (χ0) is 19.8. The quantitative estimate of drug-likeness (QED) is 0.520. The molecule has 4 nitrogen and oxygen atoms in total. The Bertz CT molecular complexity index is 768. The lowest BCUT2D eigenvalue weighted by molar-refractivity contribution is -0.124. The summed E-state index contributed by atoms with van der Waals surface area (Å²) in [5.74, 6) is 0.0130. The van der Waals surface area contributed by atoms with Gasteiger partial charge in [0.1, 0.15) is 4.32 Å². The van der Waals surface area contributed by atoms with Crippen LogP contribution < -0.4 is 5.32 Å². The maximum absolute atomic E-state index is 12.6. The zero-order valence-electron chi connectivity index (χ0n) is 15.9. The normalized spacial score (nSPS) is 19.7. The molecule has 2 fully saturated rings. The van der Waals surface area contributed by atoms with Gasteiger partial charge in [-0.1, -0.05) is 85.7 Å². The second-order valence-corrected chi connectivity index (χ2v) is 8.81. The molecule has 0 unspecified atom stereocenters. The van der Waals surface area contributed by atoms with Crippen LogP contribution in [0.2, 0.25) is 0 Å². The average Bonchev–Trinajstić information content (AvgIpc) is 2.97. The first-order chi connectivity index (χ1) is 13.6. The molecule has 6 heteroatoms. The smallest absolute Gasteiger partial charge is 0.266 e. The summed E-state index contributed by atoms with van der Waals surface area (Å²) in [4.78, 5) is 26.9. The second-order valence-electron chi connectivity index (χ2n) is 7.13. The van der Waals surface area contributed by atoms with Gasteiger partial charge in [0.15, 0.2) is 0 Å². The number of benzene rings is 1. The molecular weight excluding hydrogens is 388 g/mol. The first-order valence-electron chi connectivity index (χ1n) is 9.90. The molecule has 1 saturated carbocycles. The van der Waals surface area contributed by atoms with E-state index >= 15 is 0 Å². The first kappa shape index (κ1) is 20.8. The lowest BCUT2D eigenvalue weighted by atomic mass is 9.95. The van der Waals surface area contributed by atoms with Crippen molar-refractivity contribution >= 4 is 46.2 Å². The average molecular weight is 415 g/mol. The molecule has 0 spiro atoms.